The predicted octanol–water partition coefficient (Wildman–Crippen LogP) is 4.23. The number of amides is 1. The number of hydrogen-bond donors (Lipinski definition) is 0. The molecular formula is C24H26N2O. The molecule has 4 rings (SSSR count). The summed E-state index contributed by atoms with van der Waals surface area (Å²) < 4.78 is 0. The van der Waals surface area contributed by atoms with Crippen molar-refractivity contribution in [2.75, 3.05) is 32.7 Å². The van der Waals surface area contributed by atoms with Crippen LogP contribution in [0.2, 0.25) is 0 Å². The standard InChI is InChI=1S/C24H26N2O/c27-24(23-14-6-12-21-11-4-5-13-22(21)23)26-18-16-25(17-19-26)15-7-10-20-8-2-1-3-9-20/h1-6,8-9,11-14H,7,10,15-19H2. The molecule has 3 heteroatoms. The second kappa shape index (κ2) is 8.36. The molecule has 0 unspecified atom stereocenters. The molecule has 1 aliphatic rings. The summed E-state index contributed by atoms with van der Waals surface area (Å²) in [5, 5.41) is 2.18. The van der Waals surface area contributed by atoms with Crippen LogP contribution in [0, 0.1) is 0 Å². The summed E-state index contributed by atoms with van der Waals surface area (Å²) in [5.41, 5.74) is 2.23. The van der Waals surface area contributed by atoms with Crippen LogP contribution in [0.15, 0.2) is 72.8 Å². The number of piperazine rings is 1. The van der Waals surface area contributed by atoms with E-state index in [9.17, 15) is 4.79 Å². The third-order valence-electron chi connectivity index (χ3n) is 5.46. The van der Waals surface area contributed by atoms with Crippen LogP contribution in [0.1, 0.15) is 22.3 Å². The second-order valence-corrected chi connectivity index (χ2v) is 7.25. The lowest BCUT2D eigenvalue weighted by atomic mass is 10.0. The fourth-order valence-corrected chi connectivity index (χ4v) is 3.91. The molecule has 0 saturated carbocycles. The highest BCUT2D eigenvalue weighted by molar-refractivity contribution is 6.07. The Hall–Kier alpha value is -2.65. The number of nitrogens with zero attached hydrogens (tertiary/aromatic N) is 2. The molecule has 138 valence electrons. The van der Waals surface area contributed by atoms with E-state index in [2.05, 4.69) is 47.4 Å². The van der Waals surface area contributed by atoms with Crippen LogP contribution in [-0.4, -0.2) is 48.4 Å². The molecule has 3 aromatic rings. The number of aryl methyl sites for hydroxylation is 1. The smallest absolute Gasteiger partial charge is 0.254 e. The summed E-state index contributed by atoms with van der Waals surface area (Å²) in [6, 6.07) is 24.8. The summed E-state index contributed by atoms with van der Waals surface area (Å²) in [6.07, 6.45) is 2.29. The molecule has 1 saturated heterocycles. The van der Waals surface area contributed by atoms with Crippen LogP contribution in [0.25, 0.3) is 10.8 Å². The van der Waals surface area contributed by atoms with Gasteiger partial charge in [0.2, 0.25) is 0 Å². The van der Waals surface area contributed by atoms with E-state index in [1.807, 2.05) is 35.2 Å². The molecule has 0 radical (unpaired) electrons. The second-order valence-electron chi connectivity index (χ2n) is 7.25. The molecule has 27 heavy (non-hydrogen) atoms. The minimum atomic E-state index is 0.163. The van der Waals surface area contributed by atoms with E-state index in [0.29, 0.717) is 0 Å². The number of carbonyl (C=O) groups excluding carboxylic acids is 1. The van der Waals surface area contributed by atoms with Gasteiger partial charge >= 0.3 is 0 Å². The van der Waals surface area contributed by atoms with Gasteiger partial charge in [-0.1, -0.05) is 66.7 Å². The number of carbonyl (C=O) groups is 1. The molecule has 0 atom stereocenters. The monoisotopic (exact) mass is 358 g/mol. The largest absolute Gasteiger partial charge is 0.336 e. The van der Waals surface area contributed by atoms with Crippen molar-refractivity contribution in [2.45, 2.75) is 12.8 Å². The van der Waals surface area contributed by atoms with E-state index in [-0.39, 0.29) is 5.91 Å². The summed E-state index contributed by atoms with van der Waals surface area (Å²) in [7, 11) is 0. The summed E-state index contributed by atoms with van der Waals surface area (Å²) in [6.45, 7) is 4.66. The minimum Gasteiger partial charge on any atom is -0.336 e. The maximum Gasteiger partial charge on any atom is 0.254 e. The normalized spacial score (nSPS) is 15.2. The van der Waals surface area contributed by atoms with Gasteiger partial charge in [-0.3, -0.25) is 9.69 Å². The van der Waals surface area contributed by atoms with Crippen molar-refractivity contribution in [2.24, 2.45) is 0 Å². The Bertz CT molecular complexity index is 893. The zero-order valence-electron chi connectivity index (χ0n) is 15.7. The molecule has 3 aromatic carbocycles. The van der Waals surface area contributed by atoms with Crippen LogP contribution in [0.3, 0.4) is 0 Å². The molecular weight excluding hydrogens is 332 g/mol. The quantitative estimate of drug-likeness (QED) is 0.681. The summed E-state index contributed by atoms with van der Waals surface area (Å²) >= 11 is 0. The predicted molar refractivity (Wildman–Crippen MR) is 111 cm³/mol. The van der Waals surface area contributed by atoms with E-state index in [4.69, 9.17) is 0 Å². The maximum absolute atomic E-state index is 13.0. The van der Waals surface area contributed by atoms with Crippen LogP contribution in [0.4, 0.5) is 0 Å². The molecule has 1 amide bonds. The van der Waals surface area contributed by atoms with E-state index < -0.39 is 0 Å². The molecule has 1 heterocycles. The van der Waals surface area contributed by atoms with Crippen molar-refractivity contribution >= 4 is 16.7 Å². The Morgan fingerprint density at radius 3 is 2.30 bits per heavy atom. The fourth-order valence-electron chi connectivity index (χ4n) is 3.91. The topological polar surface area (TPSA) is 23.6 Å². The van der Waals surface area contributed by atoms with Gasteiger partial charge in [-0.15, -0.1) is 0 Å². The Kier molecular flexibility index (Phi) is 5.50. The van der Waals surface area contributed by atoms with Gasteiger partial charge in [0, 0.05) is 31.7 Å². The highest BCUT2D eigenvalue weighted by Crippen LogP contribution is 2.20. The first-order chi connectivity index (χ1) is 13.3. The van der Waals surface area contributed by atoms with E-state index >= 15 is 0 Å². The van der Waals surface area contributed by atoms with Crippen LogP contribution < -0.4 is 0 Å². The Morgan fingerprint density at radius 1 is 0.778 bits per heavy atom. The minimum absolute atomic E-state index is 0.163. The number of rotatable bonds is 5. The zero-order chi connectivity index (χ0) is 18.5. The van der Waals surface area contributed by atoms with Gasteiger partial charge < -0.3 is 4.90 Å². The lowest BCUT2D eigenvalue weighted by Gasteiger charge is -2.35. The third kappa shape index (κ3) is 4.20. The van der Waals surface area contributed by atoms with Crippen molar-refractivity contribution in [3.63, 3.8) is 0 Å². The van der Waals surface area contributed by atoms with E-state index in [0.717, 1.165) is 55.5 Å². The highest BCUT2D eigenvalue weighted by atomic mass is 16.2. The molecule has 0 N–H and O–H groups in total. The van der Waals surface area contributed by atoms with Crippen molar-refractivity contribution in [3.05, 3.63) is 83.9 Å². The van der Waals surface area contributed by atoms with Crippen LogP contribution in [0.5, 0.6) is 0 Å². The van der Waals surface area contributed by atoms with Gasteiger partial charge in [-0.05, 0) is 41.8 Å². The lowest BCUT2D eigenvalue weighted by molar-refractivity contribution is 0.0638. The average molecular weight is 358 g/mol. The van der Waals surface area contributed by atoms with Gasteiger partial charge in [0.1, 0.15) is 0 Å². The van der Waals surface area contributed by atoms with Crippen molar-refractivity contribution in [3.8, 4) is 0 Å². The van der Waals surface area contributed by atoms with E-state index in [1.165, 1.54) is 12.0 Å². The van der Waals surface area contributed by atoms with Gasteiger partial charge in [0.25, 0.3) is 5.91 Å². The van der Waals surface area contributed by atoms with Gasteiger partial charge in [-0.25, -0.2) is 0 Å². The van der Waals surface area contributed by atoms with Gasteiger partial charge in [0.15, 0.2) is 0 Å². The molecule has 0 aliphatic carbocycles. The van der Waals surface area contributed by atoms with Crippen LogP contribution in [-0.2, 0) is 6.42 Å². The molecule has 1 fully saturated rings. The molecule has 0 aromatic heterocycles. The molecule has 0 bridgehead atoms. The van der Waals surface area contributed by atoms with Crippen LogP contribution >= 0.6 is 0 Å². The molecule has 0 spiro atoms. The van der Waals surface area contributed by atoms with Crippen molar-refractivity contribution < 1.29 is 4.79 Å². The molecule has 3 nitrogen and oxygen atoms in total. The van der Waals surface area contributed by atoms with Gasteiger partial charge in [0.05, 0.1) is 0 Å². The van der Waals surface area contributed by atoms with Crippen molar-refractivity contribution in [1.82, 2.24) is 9.80 Å². The van der Waals surface area contributed by atoms with Gasteiger partial charge in [-0.2, -0.15) is 0 Å². The highest BCUT2D eigenvalue weighted by Gasteiger charge is 2.22. The zero-order valence-corrected chi connectivity index (χ0v) is 15.7. The first kappa shape index (κ1) is 17.7. The van der Waals surface area contributed by atoms with E-state index in [1.54, 1.807) is 0 Å². The molecule has 1 aliphatic heterocycles. The number of fused-ring (bicyclic) bond motifs is 1. The number of hydrogen-bond acceptors (Lipinski definition) is 2. The Labute approximate surface area is 161 Å². The average Bonchev–Trinajstić information content (AvgIpc) is 2.74. The number of benzene rings is 3. The summed E-state index contributed by atoms with van der Waals surface area (Å²) in [4.78, 5) is 17.5. The maximum atomic E-state index is 13.0. The fraction of sp³-hybridized carbons (Fsp3) is 0.292. The first-order valence-corrected chi connectivity index (χ1v) is 9.84. The Balaban J connectivity index is 1.31. The van der Waals surface area contributed by atoms with Crippen molar-refractivity contribution in [1.29, 1.82) is 0 Å². The third-order valence-corrected chi connectivity index (χ3v) is 5.46. The summed E-state index contributed by atoms with van der Waals surface area (Å²) in [5.74, 6) is 0.163. The SMILES string of the molecule is O=C(c1cccc2ccccc12)N1CCN(CCCc2ccccc2)CC1. The first-order valence-electron chi connectivity index (χ1n) is 9.84. The lowest BCUT2D eigenvalue weighted by Crippen LogP contribution is -2.48. The Morgan fingerprint density at radius 2 is 1.48 bits per heavy atom.